The number of non-ortho nitro benzene ring substituents is 1. The van der Waals surface area contributed by atoms with Crippen LogP contribution in [0.25, 0.3) is 0 Å². The first-order valence-corrected chi connectivity index (χ1v) is 11.8. The van der Waals surface area contributed by atoms with Gasteiger partial charge in [-0.25, -0.2) is 13.8 Å². The fraction of sp³-hybridized carbons (Fsp3) is 0.0909. The Kier molecular flexibility index (Phi) is 7.56. The SMILES string of the molecule is C/C(=N\NC(=O)CN(c1ccc(Br)cc1)S(=O)(=O)c1ccccc1)c1ccc([N+](=O)[O-])cc1. The van der Waals surface area contributed by atoms with Gasteiger partial charge in [0.2, 0.25) is 0 Å². The van der Waals surface area contributed by atoms with Gasteiger partial charge >= 0.3 is 0 Å². The van der Waals surface area contributed by atoms with Crippen LogP contribution in [0, 0.1) is 10.1 Å². The summed E-state index contributed by atoms with van der Waals surface area (Å²) in [6.07, 6.45) is 0. The highest BCUT2D eigenvalue weighted by molar-refractivity contribution is 9.10. The fourth-order valence-corrected chi connectivity index (χ4v) is 4.55. The number of nitrogens with one attached hydrogen (secondary N) is 1. The van der Waals surface area contributed by atoms with E-state index in [1.54, 1.807) is 49.4 Å². The van der Waals surface area contributed by atoms with Gasteiger partial charge in [0, 0.05) is 16.6 Å². The molecular formula is C22H19BrN4O5S. The second-order valence-corrected chi connectivity index (χ2v) is 9.62. The Morgan fingerprint density at radius 3 is 2.21 bits per heavy atom. The van der Waals surface area contributed by atoms with Crippen molar-refractivity contribution in [1.82, 2.24) is 5.43 Å². The van der Waals surface area contributed by atoms with Crippen LogP contribution in [0.4, 0.5) is 11.4 Å². The number of hydrazone groups is 1. The van der Waals surface area contributed by atoms with Crippen molar-refractivity contribution < 1.29 is 18.1 Å². The molecule has 3 aromatic rings. The number of nitrogens with zero attached hydrogens (tertiary/aromatic N) is 3. The number of nitro groups is 1. The van der Waals surface area contributed by atoms with E-state index in [0.717, 1.165) is 8.78 Å². The van der Waals surface area contributed by atoms with Crippen LogP contribution in [0.5, 0.6) is 0 Å². The molecule has 0 unspecified atom stereocenters. The normalized spacial score (nSPS) is 11.6. The van der Waals surface area contributed by atoms with Gasteiger partial charge in [-0.1, -0.05) is 34.1 Å². The molecule has 33 heavy (non-hydrogen) atoms. The molecule has 0 spiro atoms. The van der Waals surface area contributed by atoms with E-state index in [1.165, 1.54) is 36.4 Å². The van der Waals surface area contributed by atoms with E-state index in [-0.39, 0.29) is 10.6 Å². The van der Waals surface area contributed by atoms with Crippen LogP contribution in [-0.4, -0.2) is 31.5 Å². The van der Waals surface area contributed by atoms with E-state index in [2.05, 4.69) is 26.5 Å². The van der Waals surface area contributed by atoms with Crippen molar-refractivity contribution in [3.63, 3.8) is 0 Å². The number of sulfonamides is 1. The molecule has 0 bridgehead atoms. The van der Waals surface area contributed by atoms with Crippen LogP contribution in [0.3, 0.4) is 0 Å². The Labute approximate surface area is 199 Å². The van der Waals surface area contributed by atoms with Gasteiger partial charge in [-0.2, -0.15) is 5.10 Å². The third-order valence-electron chi connectivity index (χ3n) is 4.58. The highest BCUT2D eigenvalue weighted by atomic mass is 79.9. The second-order valence-electron chi connectivity index (χ2n) is 6.84. The van der Waals surface area contributed by atoms with Crippen molar-refractivity contribution >= 4 is 48.9 Å². The third-order valence-corrected chi connectivity index (χ3v) is 6.89. The maximum Gasteiger partial charge on any atom is 0.269 e. The molecule has 3 aromatic carbocycles. The summed E-state index contributed by atoms with van der Waals surface area (Å²) in [5.74, 6) is -0.654. The van der Waals surface area contributed by atoms with Gasteiger partial charge in [-0.05, 0) is 61.0 Å². The Balaban J connectivity index is 1.82. The van der Waals surface area contributed by atoms with Crippen LogP contribution in [0.1, 0.15) is 12.5 Å². The van der Waals surface area contributed by atoms with Gasteiger partial charge in [0.1, 0.15) is 6.54 Å². The van der Waals surface area contributed by atoms with Gasteiger partial charge < -0.3 is 0 Å². The minimum absolute atomic E-state index is 0.0475. The minimum atomic E-state index is -4.02. The van der Waals surface area contributed by atoms with Crippen LogP contribution in [-0.2, 0) is 14.8 Å². The van der Waals surface area contributed by atoms with Gasteiger partial charge in [-0.3, -0.25) is 19.2 Å². The number of anilines is 1. The zero-order valence-corrected chi connectivity index (χ0v) is 19.8. The Hall–Kier alpha value is -3.57. The summed E-state index contributed by atoms with van der Waals surface area (Å²) >= 11 is 3.31. The van der Waals surface area contributed by atoms with Gasteiger partial charge in [-0.15, -0.1) is 0 Å². The van der Waals surface area contributed by atoms with Crippen LogP contribution in [0.15, 0.2) is 93.3 Å². The molecule has 3 rings (SSSR count). The molecule has 9 nitrogen and oxygen atoms in total. The lowest BCUT2D eigenvalue weighted by atomic mass is 10.1. The molecule has 1 N–H and O–H groups in total. The Morgan fingerprint density at radius 2 is 1.64 bits per heavy atom. The number of carbonyl (C=O) groups excluding carboxylic acids is 1. The number of benzene rings is 3. The number of hydrogen-bond acceptors (Lipinski definition) is 6. The Bertz CT molecular complexity index is 1280. The third kappa shape index (κ3) is 6.02. The highest BCUT2D eigenvalue weighted by Gasteiger charge is 2.27. The molecule has 0 radical (unpaired) electrons. The molecule has 0 aliphatic carbocycles. The van der Waals surface area contributed by atoms with Crippen molar-refractivity contribution in [2.75, 3.05) is 10.8 Å². The average Bonchev–Trinajstić information content (AvgIpc) is 2.82. The summed E-state index contributed by atoms with van der Waals surface area (Å²) < 4.78 is 28.2. The maximum absolute atomic E-state index is 13.2. The molecule has 170 valence electrons. The molecule has 0 atom stereocenters. The van der Waals surface area contributed by atoms with Crippen LogP contribution >= 0.6 is 15.9 Å². The van der Waals surface area contributed by atoms with E-state index < -0.39 is 27.4 Å². The lowest BCUT2D eigenvalue weighted by molar-refractivity contribution is -0.384. The fourth-order valence-electron chi connectivity index (χ4n) is 2.84. The predicted octanol–water partition coefficient (Wildman–Crippen LogP) is 4.09. The smallest absolute Gasteiger partial charge is 0.269 e. The lowest BCUT2D eigenvalue weighted by Gasteiger charge is -2.23. The van der Waals surface area contributed by atoms with E-state index in [4.69, 9.17) is 0 Å². The van der Waals surface area contributed by atoms with Crippen molar-refractivity contribution in [1.29, 1.82) is 0 Å². The van der Waals surface area contributed by atoms with Crippen molar-refractivity contribution in [2.45, 2.75) is 11.8 Å². The van der Waals surface area contributed by atoms with E-state index >= 15 is 0 Å². The summed E-state index contributed by atoms with van der Waals surface area (Å²) in [6, 6.07) is 20.0. The van der Waals surface area contributed by atoms with Crippen molar-refractivity contribution in [2.24, 2.45) is 5.10 Å². The summed E-state index contributed by atoms with van der Waals surface area (Å²) in [5, 5.41) is 14.8. The monoisotopic (exact) mass is 530 g/mol. The number of amides is 1. The molecule has 0 aliphatic rings. The first kappa shape index (κ1) is 24.1. The van der Waals surface area contributed by atoms with Crippen molar-refractivity contribution in [3.8, 4) is 0 Å². The molecule has 0 fully saturated rings. The van der Waals surface area contributed by atoms with Gasteiger partial charge in [0.05, 0.1) is 21.2 Å². The van der Waals surface area contributed by atoms with Gasteiger partial charge in [0.15, 0.2) is 0 Å². The van der Waals surface area contributed by atoms with Crippen molar-refractivity contribution in [3.05, 3.63) is 99.0 Å². The summed E-state index contributed by atoms with van der Waals surface area (Å²) in [4.78, 5) is 22.9. The molecule has 0 aromatic heterocycles. The van der Waals surface area contributed by atoms with E-state index in [9.17, 15) is 23.3 Å². The Morgan fingerprint density at radius 1 is 1.03 bits per heavy atom. The maximum atomic E-state index is 13.2. The minimum Gasteiger partial charge on any atom is -0.271 e. The highest BCUT2D eigenvalue weighted by Crippen LogP contribution is 2.25. The number of carbonyl (C=O) groups is 1. The van der Waals surface area contributed by atoms with Crippen LogP contribution < -0.4 is 9.73 Å². The molecule has 0 saturated heterocycles. The summed E-state index contributed by atoms with van der Waals surface area (Å²) in [6.45, 7) is 1.12. The summed E-state index contributed by atoms with van der Waals surface area (Å²) in [5.41, 5.74) is 3.58. The molecule has 1 amide bonds. The zero-order chi connectivity index (χ0) is 24.0. The molecule has 0 saturated carbocycles. The number of nitro benzene ring substituents is 1. The first-order chi connectivity index (χ1) is 15.7. The van der Waals surface area contributed by atoms with Gasteiger partial charge in [0.25, 0.3) is 21.6 Å². The molecule has 11 heteroatoms. The zero-order valence-electron chi connectivity index (χ0n) is 17.4. The number of hydrogen-bond donors (Lipinski definition) is 1. The largest absolute Gasteiger partial charge is 0.271 e. The average molecular weight is 531 g/mol. The first-order valence-electron chi connectivity index (χ1n) is 9.60. The predicted molar refractivity (Wildman–Crippen MR) is 129 cm³/mol. The number of halogens is 1. The molecule has 0 aliphatic heterocycles. The number of rotatable bonds is 8. The van der Waals surface area contributed by atoms with Crippen LogP contribution in [0.2, 0.25) is 0 Å². The lowest BCUT2D eigenvalue weighted by Crippen LogP contribution is -2.39. The standard InChI is InChI=1S/C22H19BrN4O5S/c1-16(17-7-11-20(12-8-17)27(29)30)24-25-22(28)15-26(19-13-9-18(23)10-14-19)33(31,32)21-5-3-2-4-6-21/h2-14H,15H2,1H3,(H,25,28)/b24-16+. The summed E-state index contributed by atoms with van der Waals surface area (Å²) in [7, 11) is -4.02. The van der Waals surface area contributed by atoms with E-state index in [1.807, 2.05) is 0 Å². The van der Waals surface area contributed by atoms with E-state index in [0.29, 0.717) is 17.0 Å². The second kappa shape index (κ2) is 10.4. The quantitative estimate of drug-likeness (QED) is 0.267. The topological polar surface area (TPSA) is 122 Å². The molecular weight excluding hydrogens is 512 g/mol. The molecule has 0 heterocycles.